The molecule has 7 heteroatoms. The van der Waals surface area contributed by atoms with E-state index in [0.29, 0.717) is 5.75 Å². The number of rotatable bonds is 6. The van der Waals surface area contributed by atoms with E-state index in [1.54, 1.807) is 38.5 Å². The topological polar surface area (TPSA) is 67.9 Å². The zero-order chi connectivity index (χ0) is 17.2. The Hall–Kier alpha value is -1.15. The number of nitrogens with one attached hydrogen (secondary N) is 1. The van der Waals surface area contributed by atoms with Crippen molar-refractivity contribution in [1.82, 2.24) is 9.62 Å². The number of benzene rings is 1. The number of sulfonamides is 1. The van der Waals surface area contributed by atoms with Crippen LogP contribution in [0, 0.1) is 0 Å². The molecule has 6 nitrogen and oxygen atoms in total. The van der Waals surface area contributed by atoms with Crippen molar-refractivity contribution in [3.05, 3.63) is 24.3 Å². The summed E-state index contributed by atoms with van der Waals surface area (Å²) < 4.78 is 38.8. The molecule has 1 aliphatic carbocycles. The summed E-state index contributed by atoms with van der Waals surface area (Å²) in [6.45, 7) is 1.87. The third-order valence-corrected chi connectivity index (χ3v) is 6.64. The first-order valence-electron chi connectivity index (χ1n) is 8.46. The molecule has 0 radical (unpaired) electrons. The number of hydrogen-bond acceptors (Lipinski definition) is 5. The molecular weight excluding hydrogens is 328 g/mol. The van der Waals surface area contributed by atoms with Crippen molar-refractivity contribution < 1.29 is 17.9 Å². The van der Waals surface area contributed by atoms with Gasteiger partial charge in [-0.1, -0.05) is 6.42 Å². The lowest BCUT2D eigenvalue weighted by atomic mass is 10.1. The minimum Gasteiger partial charge on any atom is -0.497 e. The van der Waals surface area contributed by atoms with Gasteiger partial charge in [0.15, 0.2) is 0 Å². The van der Waals surface area contributed by atoms with Crippen LogP contribution in [-0.4, -0.2) is 58.8 Å². The summed E-state index contributed by atoms with van der Waals surface area (Å²) in [5.74, 6) is 0.648. The minimum absolute atomic E-state index is 0.0345. The first-order valence-corrected chi connectivity index (χ1v) is 9.95. The van der Waals surface area contributed by atoms with Gasteiger partial charge in [0.05, 0.1) is 18.1 Å². The second-order valence-electron chi connectivity index (χ2n) is 6.54. The monoisotopic (exact) mass is 354 g/mol. The molecule has 1 heterocycles. The highest BCUT2D eigenvalue weighted by molar-refractivity contribution is 7.89. The fourth-order valence-corrected chi connectivity index (χ4v) is 5.09. The summed E-state index contributed by atoms with van der Waals surface area (Å²) in [7, 11) is -0.207. The molecular formula is C17H26N2O4S. The predicted molar refractivity (Wildman–Crippen MR) is 91.7 cm³/mol. The molecule has 0 bridgehead atoms. The van der Waals surface area contributed by atoms with Crippen LogP contribution in [0.4, 0.5) is 0 Å². The van der Waals surface area contributed by atoms with Gasteiger partial charge >= 0.3 is 0 Å². The summed E-state index contributed by atoms with van der Waals surface area (Å²) >= 11 is 0. The zero-order valence-corrected chi connectivity index (χ0v) is 15.1. The molecule has 1 saturated heterocycles. The highest BCUT2D eigenvalue weighted by Crippen LogP contribution is 2.29. The standard InChI is InChI=1S/C17H26N2O4S/c1-22-13-6-8-15(9-7-13)24(20,21)18-16-4-3-5-17(16)19-11-10-14(12-19)23-2/h6-9,14,16-18H,3-5,10-12H2,1-2H3/t14?,16-,17+/m1/s1. The lowest BCUT2D eigenvalue weighted by Gasteiger charge is -2.29. The zero-order valence-electron chi connectivity index (χ0n) is 14.3. The molecule has 0 amide bonds. The Bertz CT molecular complexity index is 647. The van der Waals surface area contributed by atoms with Crippen molar-refractivity contribution in [3.63, 3.8) is 0 Å². The number of likely N-dealkylation sites (tertiary alicyclic amines) is 1. The summed E-state index contributed by atoms with van der Waals surface area (Å²) in [5.41, 5.74) is 0. The third-order valence-electron chi connectivity index (χ3n) is 5.13. The molecule has 0 aromatic heterocycles. The van der Waals surface area contributed by atoms with Gasteiger partial charge in [-0.15, -0.1) is 0 Å². The second kappa shape index (κ2) is 7.39. The molecule has 24 heavy (non-hydrogen) atoms. The lowest BCUT2D eigenvalue weighted by Crippen LogP contribution is -2.48. The van der Waals surface area contributed by atoms with E-state index < -0.39 is 10.0 Å². The molecule has 2 aliphatic rings. The van der Waals surface area contributed by atoms with Crippen molar-refractivity contribution in [2.24, 2.45) is 0 Å². The van der Waals surface area contributed by atoms with Crippen LogP contribution in [0.15, 0.2) is 29.2 Å². The van der Waals surface area contributed by atoms with Crippen LogP contribution >= 0.6 is 0 Å². The van der Waals surface area contributed by atoms with Crippen molar-refractivity contribution in [2.45, 2.75) is 48.8 Å². The molecule has 1 aromatic rings. The fraction of sp³-hybridized carbons (Fsp3) is 0.647. The number of ether oxygens (including phenoxy) is 2. The van der Waals surface area contributed by atoms with Gasteiger partial charge < -0.3 is 9.47 Å². The largest absolute Gasteiger partial charge is 0.497 e. The quantitative estimate of drug-likeness (QED) is 0.841. The highest BCUT2D eigenvalue weighted by Gasteiger charge is 2.38. The van der Waals surface area contributed by atoms with E-state index in [0.717, 1.165) is 38.8 Å². The second-order valence-corrected chi connectivity index (χ2v) is 8.26. The van der Waals surface area contributed by atoms with Crippen LogP contribution in [0.3, 0.4) is 0 Å². The van der Waals surface area contributed by atoms with E-state index in [1.807, 2.05) is 0 Å². The number of hydrogen-bond donors (Lipinski definition) is 1. The SMILES string of the molecule is COc1ccc(S(=O)(=O)N[C@@H]2CCC[C@@H]2N2CCC(OC)C2)cc1. The molecule has 1 saturated carbocycles. The van der Waals surface area contributed by atoms with Crippen molar-refractivity contribution in [3.8, 4) is 5.75 Å². The maximum absolute atomic E-state index is 12.7. The van der Waals surface area contributed by atoms with E-state index in [9.17, 15) is 8.42 Å². The van der Waals surface area contributed by atoms with Gasteiger partial charge in [0, 0.05) is 32.3 Å². The smallest absolute Gasteiger partial charge is 0.240 e. The molecule has 1 aromatic carbocycles. The van der Waals surface area contributed by atoms with Crippen LogP contribution in [0.25, 0.3) is 0 Å². The van der Waals surface area contributed by atoms with Gasteiger partial charge in [0.25, 0.3) is 0 Å². The molecule has 1 N–H and O–H groups in total. The third kappa shape index (κ3) is 3.74. The summed E-state index contributed by atoms with van der Waals surface area (Å²) in [6.07, 6.45) is 4.25. The van der Waals surface area contributed by atoms with Crippen LogP contribution in [0.2, 0.25) is 0 Å². The highest BCUT2D eigenvalue weighted by atomic mass is 32.2. The van der Waals surface area contributed by atoms with Crippen molar-refractivity contribution in [2.75, 3.05) is 27.3 Å². The Morgan fingerprint density at radius 2 is 1.88 bits per heavy atom. The van der Waals surface area contributed by atoms with E-state index in [2.05, 4.69) is 9.62 Å². The normalized spacial score (nSPS) is 28.3. The first kappa shape index (κ1) is 17.7. The van der Waals surface area contributed by atoms with E-state index in [1.165, 1.54) is 0 Å². The van der Waals surface area contributed by atoms with Crippen LogP contribution in [0.5, 0.6) is 5.75 Å². The molecule has 0 spiro atoms. The Morgan fingerprint density at radius 3 is 2.50 bits per heavy atom. The fourth-order valence-electron chi connectivity index (χ4n) is 3.78. The minimum atomic E-state index is -3.51. The Morgan fingerprint density at radius 1 is 1.12 bits per heavy atom. The Kier molecular flexibility index (Phi) is 5.44. The number of nitrogens with zero attached hydrogens (tertiary/aromatic N) is 1. The van der Waals surface area contributed by atoms with Gasteiger partial charge in [0.1, 0.15) is 5.75 Å². The summed E-state index contributed by atoms with van der Waals surface area (Å²) in [6, 6.07) is 6.74. The van der Waals surface area contributed by atoms with Gasteiger partial charge in [0.2, 0.25) is 10.0 Å². The van der Waals surface area contributed by atoms with Crippen LogP contribution < -0.4 is 9.46 Å². The molecule has 3 atom stereocenters. The first-order chi connectivity index (χ1) is 11.5. The Balaban J connectivity index is 1.69. The maximum Gasteiger partial charge on any atom is 0.240 e. The number of methoxy groups -OCH3 is 2. The van der Waals surface area contributed by atoms with E-state index in [-0.39, 0.29) is 23.1 Å². The van der Waals surface area contributed by atoms with Gasteiger partial charge in [-0.25, -0.2) is 13.1 Å². The summed E-state index contributed by atoms with van der Waals surface area (Å²) in [4.78, 5) is 2.66. The molecule has 2 fully saturated rings. The van der Waals surface area contributed by atoms with Crippen molar-refractivity contribution >= 4 is 10.0 Å². The van der Waals surface area contributed by atoms with Gasteiger partial charge in [-0.2, -0.15) is 0 Å². The molecule has 3 rings (SSSR count). The molecule has 134 valence electrons. The van der Waals surface area contributed by atoms with Crippen LogP contribution in [0.1, 0.15) is 25.7 Å². The van der Waals surface area contributed by atoms with Crippen LogP contribution in [-0.2, 0) is 14.8 Å². The average molecular weight is 354 g/mol. The average Bonchev–Trinajstić information content (AvgIpc) is 3.23. The van der Waals surface area contributed by atoms with Gasteiger partial charge in [-0.05, 0) is 43.5 Å². The maximum atomic E-state index is 12.7. The van der Waals surface area contributed by atoms with Crippen molar-refractivity contribution in [1.29, 1.82) is 0 Å². The summed E-state index contributed by atoms with van der Waals surface area (Å²) in [5, 5.41) is 0. The Labute approximate surface area is 144 Å². The lowest BCUT2D eigenvalue weighted by molar-refractivity contribution is 0.0991. The predicted octanol–water partition coefficient (Wildman–Crippen LogP) is 1.62. The van der Waals surface area contributed by atoms with E-state index >= 15 is 0 Å². The molecule has 1 aliphatic heterocycles. The molecule has 1 unspecified atom stereocenters. The van der Waals surface area contributed by atoms with Gasteiger partial charge in [-0.3, -0.25) is 4.90 Å². The van der Waals surface area contributed by atoms with E-state index in [4.69, 9.17) is 9.47 Å².